The van der Waals surface area contributed by atoms with Gasteiger partial charge in [0.25, 0.3) is 0 Å². The number of benzene rings is 1. The Hall–Kier alpha value is -0.860. The number of hydrogen-bond acceptors (Lipinski definition) is 2. The fourth-order valence-electron chi connectivity index (χ4n) is 2.12. The number of ether oxygens (including phenoxy) is 1. The van der Waals surface area contributed by atoms with Crippen LogP contribution in [0.3, 0.4) is 0 Å². The van der Waals surface area contributed by atoms with Gasteiger partial charge in [-0.2, -0.15) is 0 Å². The quantitative estimate of drug-likeness (QED) is 0.801. The molecule has 1 N–H and O–H groups in total. The second kappa shape index (κ2) is 4.77. The number of hydrogen-bond donors (Lipinski definition) is 1. The minimum absolute atomic E-state index is 0.373. The summed E-state index contributed by atoms with van der Waals surface area (Å²) in [5.74, 6) is 0.574. The van der Waals surface area contributed by atoms with E-state index in [1.54, 1.807) is 0 Å². The second-order valence-corrected chi connectivity index (χ2v) is 4.37. The molecule has 0 bridgehead atoms. The van der Waals surface area contributed by atoms with Crippen LogP contribution in [-0.4, -0.2) is 19.8 Å². The van der Waals surface area contributed by atoms with Crippen molar-refractivity contribution >= 4 is 0 Å². The van der Waals surface area contributed by atoms with Crippen LogP contribution in [0.2, 0.25) is 0 Å². The molecular weight excluding hydrogens is 186 g/mol. The van der Waals surface area contributed by atoms with Gasteiger partial charge in [-0.3, -0.25) is 0 Å². The summed E-state index contributed by atoms with van der Waals surface area (Å²) < 4.78 is 5.51. The van der Waals surface area contributed by atoms with E-state index < -0.39 is 0 Å². The lowest BCUT2D eigenvalue weighted by molar-refractivity contribution is 0.0765. The van der Waals surface area contributed by atoms with E-state index in [-0.39, 0.29) is 0 Å². The van der Waals surface area contributed by atoms with Gasteiger partial charge < -0.3 is 10.1 Å². The van der Waals surface area contributed by atoms with Crippen LogP contribution in [0.15, 0.2) is 24.3 Å². The van der Waals surface area contributed by atoms with E-state index in [1.165, 1.54) is 11.1 Å². The van der Waals surface area contributed by atoms with Crippen LogP contribution in [0.1, 0.15) is 36.9 Å². The first-order chi connectivity index (χ1) is 7.29. The van der Waals surface area contributed by atoms with Gasteiger partial charge in [-0.1, -0.05) is 38.1 Å². The third-order valence-electron chi connectivity index (χ3n) is 2.92. The van der Waals surface area contributed by atoms with Crippen molar-refractivity contribution in [2.45, 2.75) is 25.8 Å². The number of rotatable bonds is 2. The van der Waals surface area contributed by atoms with Gasteiger partial charge in [0.2, 0.25) is 0 Å². The lowest BCUT2D eigenvalue weighted by Crippen LogP contribution is -2.35. The maximum absolute atomic E-state index is 5.51. The largest absolute Gasteiger partial charge is 0.378 e. The van der Waals surface area contributed by atoms with Crippen LogP contribution in [0, 0.1) is 0 Å². The van der Waals surface area contributed by atoms with E-state index in [1.807, 2.05) is 0 Å². The highest BCUT2D eigenvalue weighted by atomic mass is 16.5. The second-order valence-electron chi connectivity index (χ2n) is 4.37. The Kier molecular flexibility index (Phi) is 3.39. The Morgan fingerprint density at radius 3 is 2.80 bits per heavy atom. The highest BCUT2D eigenvalue weighted by Gasteiger charge is 2.18. The Labute approximate surface area is 91.6 Å². The Morgan fingerprint density at radius 2 is 2.13 bits per heavy atom. The Morgan fingerprint density at radius 1 is 1.33 bits per heavy atom. The van der Waals surface area contributed by atoms with Crippen LogP contribution in [0.25, 0.3) is 0 Å². The molecule has 0 aliphatic carbocycles. The van der Waals surface area contributed by atoms with Crippen LogP contribution in [0.5, 0.6) is 0 Å². The summed E-state index contributed by atoms with van der Waals surface area (Å²) in [6, 6.07) is 9.02. The molecule has 1 unspecified atom stereocenters. The van der Waals surface area contributed by atoms with E-state index in [0.717, 1.165) is 19.8 Å². The van der Waals surface area contributed by atoms with Crippen LogP contribution in [0.4, 0.5) is 0 Å². The van der Waals surface area contributed by atoms with E-state index in [0.29, 0.717) is 12.0 Å². The summed E-state index contributed by atoms with van der Waals surface area (Å²) in [4.78, 5) is 0. The van der Waals surface area contributed by atoms with Crippen molar-refractivity contribution in [1.82, 2.24) is 5.32 Å². The highest BCUT2D eigenvalue weighted by molar-refractivity contribution is 5.32. The minimum atomic E-state index is 0.373. The van der Waals surface area contributed by atoms with E-state index in [9.17, 15) is 0 Å². The summed E-state index contributed by atoms with van der Waals surface area (Å²) in [5, 5.41) is 3.51. The van der Waals surface area contributed by atoms with Gasteiger partial charge in [-0.15, -0.1) is 0 Å². The van der Waals surface area contributed by atoms with Crippen LogP contribution >= 0.6 is 0 Å². The normalized spacial score (nSPS) is 21.9. The van der Waals surface area contributed by atoms with Crippen molar-refractivity contribution < 1.29 is 4.74 Å². The molecule has 0 amide bonds. The van der Waals surface area contributed by atoms with Crippen molar-refractivity contribution in [3.8, 4) is 0 Å². The molecule has 1 fully saturated rings. The van der Waals surface area contributed by atoms with Gasteiger partial charge in [-0.05, 0) is 17.0 Å². The molecule has 15 heavy (non-hydrogen) atoms. The molecule has 0 radical (unpaired) electrons. The highest BCUT2D eigenvalue weighted by Crippen LogP contribution is 2.25. The zero-order chi connectivity index (χ0) is 10.7. The Balaban J connectivity index is 2.25. The third-order valence-corrected chi connectivity index (χ3v) is 2.92. The lowest BCUT2D eigenvalue weighted by atomic mass is 9.93. The summed E-state index contributed by atoms with van der Waals surface area (Å²) in [6.45, 7) is 7.06. The van der Waals surface area contributed by atoms with Crippen molar-refractivity contribution in [3.05, 3.63) is 35.4 Å². The molecule has 1 saturated heterocycles. The van der Waals surface area contributed by atoms with E-state index in [2.05, 4.69) is 43.4 Å². The van der Waals surface area contributed by atoms with Crippen molar-refractivity contribution in [3.63, 3.8) is 0 Å². The maximum atomic E-state index is 5.51. The molecule has 2 heteroatoms. The van der Waals surface area contributed by atoms with Crippen molar-refractivity contribution in [2.75, 3.05) is 19.8 Å². The molecule has 2 nitrogen and oxygen atoms in total. The van der Waals surface area contributed by atoms with Gasteiger partial charge in [-0.25, -0.2) is 0 Å². The summed E-state index contributed by atoms with van der Waals surface area (Å²) in [5.41, 5.74) is 2.83. The molecule has 1 heterocycles. The summed E-state index contributed by atoms with van der Waals surface area (Å²) >= 11 is 0. The van der Waals surface area contributed by atoms with Crippen LogP contribution < -0.4 is 5.32 Å². The average molecular weight is 205 g/mol. The maximum Gasteiger partial charge on any atom is 0.0662 e. The van der Waals surface area contributed by atoms with Gasteiger partial charge in [0.05, 0.1) is 19.3 Å². The molecular formula is C13H19NO. The van der Waals surface area contributed by atoms with Gasteiger partial charge in [0, 0.05) is 6.54 Å². The van der Waals surface area contributed by atoms with E-state index >= 15 is 0 Å². The van der Waals surface area contributed by atoms with E-state index in [4.69, 9.17) is 4.74 Å². The van der Waals surface area contributed by atoms with Gasteiger partial charge in [0.15, 0.2) is 0 Å². The van der Waals surface area contributed by atoms with Crippen molar-refractivity contribution in [2.24, 2.45) is 0 Å². The molecule has 1 atom stereocenters. The summed E-state index contributed by atoms with van der Waals surface area (Å²) in [6.07, 6.45) is 0. The molecule has 1 aliphatic heterocycles. The smallest absolute Gasteiger partial charge is 0.0662 e. The molecule has 1 aromatic rings. The Bertz CT molecular complexity index is 316. The fourth-order valence-corrected chi connectivity index (χ4v) is 2.12. The zero-order valence-corrected chi connectivity index (χ0v) is 9.49. The monoisotopic (exact) mass is 205 g/mol. The molecule has 82 valence electrons. The molecule has 2 rings (SSSR count). The van der Waals surface area contributed by atoms with Crippen molar-refractivity contribution in [1.29, 1.82) is 0 Å². The lowest BCUT2D eigenvalue weighted by Gasteiger charge is -2.27. The van der Waals surface area contributed by atoms with Crippen LogP contribution in [-0.2, 0) is 4.74 Å². The molecule has 1 aromatic carbocycles. The first-order valence-electron chi connectivity index (χ1n) is 5.69. The standard InChI is InChI=1S/C13H19NO/c1-10(2)11-5-3-4-6-12(11)13-9-15-8-7-14-13/h3-6,10,13-14H,7-9H2,1-2H3. The van der Waals surface area contributed by atoms with Gasteiger partial charge >= 0.3 is 0 Å². The van der Waals surface area contributed by atoms with Gasteiger partial charge in [0.1, 0.15) is 0 Å². The molecule has 0 aromatic heterocycles. The topological polar surface area (TPSA) is 21.3 Å². The predicted molar refractivity (Wildman–Crippen MR) is 62.1 cm³/mol. The first-order valence-corrected chi connectivity index (χ1v) is 5.69. The molecule has 0 saturated carbocycles. The number of morpholine rings is 1. The SMILES string of the molecule is CC(C)c1ccccc1C1COCCN1. The molecule has 0 spiro atoms. The average Bonchev–Trinajstić information content (AvgIpc) is 2.30. The zero-order valence-electron chi connectivity index (χ0n) is 9.49. The fraction of sp³-hybridized carbons (Fsp3) is 0.538. The minimum Gasteiger partial charge on any atom is -0.378 e. The summed E-state index contributed by atoms with van der Waals surface area (Å²) in [7, 11) is 0. The predicted octanol–water partition coefficient (Wildman–Crippen LogP) is 2.47. The first kappa shape index (κ1) is 10.7. The third kappa shape index (κ3) is 2.39. The number of nitrogens with one attached hydrogen (secondary N) is 1. The molecule has 1 aliphatic rings.